The molecule has 0 amide bonds. The van der Waals surface area contributed by atoms with Crippen molar-refractivity contribution in [3.8, 4) is 0 Å². The Hall–Kier alpha value is -2.89. The van der Waals surface area contributed by atoms with E-state index < -0.39 is 6.10 Å². The van der Waals surface area contributed by atoms with Gasteiger partial charge in [-0.2, -0.15) is 0 Å². The molecule has 0 fully saturated rings. The summed E-state index contributed by atoms with van der Waals surface area (Å²) in [6.45, 7) is 6.50. The first-order valence-corrected chi connectivity index (χ1v) is 27.3. The van der Waals surface area contributed by atoms with Crippen LogP contribution in [0.15, 0.2) is 60.8 Å². The van der Waals surface area contributed by atoms with Crippen LogP contribution < -0.4 is 0 Å². The molecule has 0 aliphatic carbocycles. The highest BCUT2D eigenvalue weighted by molar-refractivity contribution is 5.71. The second-order valence-corrected chi connectivity index (χ2v) is 18.1. The third-order valence-corrected chi connectivity index (χ3v) is 11.8. The number of hydrogen-bond acceptors (Lipinski definition) is 6. The van der Waals surface area contributed by atoms with E-state index in [9.17, 15) is 14.4 Å². The maximum Gasteiger partial charge on any atom is 0.306 e. The molecule has 1 unspecified atom stereocenters. The van der Waals surface area contributed by atoms with Crippen molar-refractivity contribution in [3.05, 3.63) is 60.8 Å². The van der Waals surface area contributed by atoms with Gasteiger partial charge >= 0.3 is 17.9 Å². The lowest BCUT2D eigenvalue weighted by atomic mass is 10.1. The lowest BCUT2D eigenvalue weighted by molar-refractivity contribution is -0.167. The van der Waals surface area contributed by atoms with Crippen LogP contribution in [0, 0.1) is 0 Å². The van der Waals surface area contributed by atoms with Crippen LogP contribution in [0.5, 0.6) is 0 Å². The molecule has 64 heavy (non-hydrogen) atoms. The Balaban J connectivity index is 4.32. The summed E-state index contributed by atoms with van der Waals surface area (Å²) < 4.78 is 16.8. The molecule has 0 N–H and O–H groups in total. The number of esters is 3. The van der Waals surface area contributed by atoms with Crippen molar-refractivity contribution in [2.24, 2.45) is 0 Å². The molecule has 0 rings (SSSR count). The number of hydrogen-bond donors (Lipinski definition) is 0. The minimum Gasteiger partial charge on any atom is -0.462 e. The Kier molecular flexibility index (Phi) is 50.4. The minimum absolute atomic E-state index is 0.0805. The Morgan fingerprint density at radius 1 is 0.344 bits per heavy atom. The summed E-state index contributed by atoms with van der Waals surface area (Å²) in [6, 6.07) is 0. The molecule has 6 heteroatoms. The van der Waals surface area contributed by atoms with Crippen LogP contribution >= 0.6 is 0 Å². The van der Waals surface area contributed by atoms with E-state index in [1.54, 1.807) is 0 Å². The minimum atomic E-state index is -0.781. The summed E-state index contributed by atoms with van der Waals surface area (Å²) in [6.07, 6.45) is 65.0. The number of carbonyl (C=O) groups is 3. The van der Waals surface area contributed by atoms with E-state index in [2.05, 4.69) is 81.5 Å². The maximum absolute atomic E-state index is 12.8. The van der Waals surface area contributed by atoms with E-state index in [-0.39, 0.29) is 31.1 Å². The fourth-order valence-electron chi connectivity index (χ4n) is 7.68. The van der Waals surface area contributed by atoms with Crippen LogP contribution in [0.1, 0.15) is 271 Å². The third kappa shape index (κ3) is 50.1. The highest BCUT2D eigenvalue weighted by Crippen LogP contribution is 2.15. The zero-order valence-corrected chi connectivity index (χ0v) is 42.3. The summed E-state index contributed by atoms with van der Waals surface area (Å²) in [5.74, 6) is -0.897. The maximum atomic E-state index is 12.8. The molecule has 0 radical (unpaired) electrons. The lowest BCUT2D eigenvalue weighted by Gasteiger charge is -2.18. The standard InChI is InChI=1S/C58H102O6/c1-4-7-10-13-16-19-21-23-25-27-29-31-32-34-36-39-42-45-48-51-57(60)63-54-55(53-62-56(59)50-47-44-41-38-18-15-12-9-6-3)64-58(61)52-49-46-43-40-37-35-33-30-28-26-24-22-20-17-14-11-8-5-2/h7,10,16,19,23,25-26,28,30,33,55H,4-6,8-9,11-15,17-18,20-22,24,27,29,31-32,34-54H2,1-3H3/b10-7-,19-16-,25-23-,28-26-,33-30-. The highest BCUT2D eigenvalue weighted by Gasteiger charge is 2.19. The molecule has 0 aromatic carbocycles. The number of ether oxygens (including phenoxy) is 3. The van der Waals surface area contributed by atoms with Crippen molar-refractivity contribution in [2.45, 2.75) is 277 Å². The van der Waals surface area contributed by atoms with Gasteiger partial charge in [-0.05, 0) is 77.0 Å². The first-order chi connectivity index (χ1) is 31.5. The van der Waals surface area contributed by atoms with Gasteiger partial charge in [-0.15, -0.1) is 0 Å². The summed E-state index contributed by atoms with van der Waals surface area (Å²) >= 11 is 0. The van der Waals surface area contributed by atoms with Crippen LogP contribution in [0.25, 0.3) is 0 Å². The third-order valence-electron chi connectivity index (χ3n) is 11.8. The topological polar surface area (TPSA) is 78.9 Å². The van der Waals surface area contributed by atoms with E-state index in [4.69, 9.17) is 14.2 Å². The second kappa shape index (κ2) is 52.7. The first-order valence-electron chi connectivity index (χ1n) is 27.3. The van der Waals surface area contributed by atoms with Crippen LogP contribution in [-0.4, -0.2) is 37.2 Å². The van der Waals surface area contributed by atoms with E-state index >= 15 is 0 Å². The van der Waals surface area contributed by atoms with Gasteiger partial charge in [0, 0.05) is 19.3 Å². The van der Waals surface area contributed by atoms with Crippen molar-refractivity contribution < 1.29 is 28.6 Å². The monoisotopic (exact) mass is 895 g/mol. The molecule has 0 aliphatic rings. The number of carbonyl (C=O) groups excluding carboxylic acids is 3. The molecule has 0 saturated heterocycles. The quantitative estimate of drug-likeness (QED) is 0.0199. The fraction of sp³-hybridized carbons (Fsp3) is 0.776. The molecule has 0 heterocycles. The van der Waals surface area contributed by atoms with Gasteiger partial charge in [-0.25, -0.2) is 0 Å². The average Bonchev–Trinajstić information content (AvgIpc) is 3.29. The highest BCUT2D eigenvalue weighted by atomic mass is 16.6. The molecule has 0 saturated carbocycles. The van der Waals surface area contributed by atoms with Gasteiger partial charge < -0.3 is 14.2 Å². The van der Waals surface area contributed by atoms with Gasteiger partial charge in [0.2, 0.25) is 0 Å². The largest absolute Gasteiger partial charge is 0.462 e. The molecule has 0 bridgehead atoms. The van der Waals surface area contributed by atoms with Gasteiger partial charge in [0.25, 0.3) is 0 Å². The van der Waals surface area contributed by atoms with Gasteiger partial charge in [-0.1, -0.05) is 236 Å². The average molecular weight is 895 g/mol. The summed E-state index contributed by atoms with van der Waals surface area (Å²) in [4.78, 5) is 38.0. The summed E-state index contributed by atoms with van der Waals surface area (Å²) in [5, 5.41) is 0. The Bertz CT molecular complexity index is 1170. The smallest absolute Gasteiger partial charge is 0.306 e. The van der Waals surface area contributed by atoms with Gasteiger partial charge in [-0.3, -0.25) is 14.4 Å². The normalized spacial score (nSPS) is 12.5. The second-order valence-electron chi connectivity index (χ2n) is 18.1. The Morgan fingerprint density at radius 3 is 1.05 bits per heavy atom. The van der Waals surface area contributed by atoms with E-state index in [0.717, 1.165) is 96.3 Å². The molecule has 0 spiro atoms. The van der Waals surface area contributed by atoms with Crippen molar-refractivity contribution in [1.82, 2.24) is 0 Å². The predicted octanol–water partition coefficient (Wildman–Crippen LogP) is 18.0. The molecule has 0 aliphatic heterocycles. The van der Waals surface area contributed by atoms with Crippen molar-refractivity contribution in [3.63, 3.8) is 0 Å². The zero-order valence-electron chi connectivity index (χ0n) is 42.3. The van der Waals surface area contributed by atoms with E-state index in [1.165, 1.54) is 135 Å². The predicted molar refractivity (Wildman–Crippen MR) is 275 cm³/mol. The van der Waals surface area contributed by atoms with Crippen molar-refractivity contribution >= 4 is 17.9 Å². The van der Waals surface area contributed by atoms with Gasteiger partial charge in [0.05, 0.1) is 0 Å². The molecular formula is C58H102O6. The van der Waals surface area contributed by atoms with E-state index in [1.807, 2.05) is 0 Å². The zero-order chi connectivity index (χ0) is 46.5. The van der Waals surface area contributed by atoms with Crippen molar-refractivity contribution in [1.29, 1.82) is 0 Å². The first kappa shape index (κ1) is 61.1. The SMILES string of the molecule is CC/C=C\C/C=C\C/C=C\CCCCCCCCCCCC(=O)OCC(COC(=O)CCCCCCCCCCC)OC(=O)CCCCCCC/C=C\C=C/CCCCCCCCC. The van der Waals surface area contributed by atoms with Crippen LogP contribution in [-0.2, 0) is 28.6 Å². The number of allylic oxidation sites excluding steroid dienone is 10. The van der Waals surface area contributed by atoms with Gasteiger partial charge in [0.15, 0.2) is 6.10 Å². The van der Waals surface area contributed by atoms with Crippen molar-refractivity contribution in [2.75, 3.05) is 13.2 Å². The lowest BCUT2D eigenvalue weighted by Crippen LogP contribution is -2.30. The number of rotatable bonds is 49. The molecule has 6 nitrogen and oxygen atoms in total. The fourth-order valence-corrected chi connectivity index (χ4v) is 7.68. The van der Waals surface area contributed by atoms with Crippen LogP contribution in [0.2, 0.25) is 0 Å². The molecular weight excluding hydrogens is 793 g/mol. The van der Waals surface area contributed by atoms with Crippen LogP contribution in [0.3, 0.4) is 0 Å². The summed E-state index contributed by atoms with van der Waals surface area (Å²) in [5.41, 5.74) is 0. The van der Waals surface area contributed by atoms with Crippen LogP contribution in [0.4, 0.5) is 0 Å². The Morgan fingerprint density at radius 2 is 0.656 bits per heavy atom. The Labute approximate surface area is 396 Å². The molecule has 1 atom stereocenters. The number of unbranched alkanes of at least 4 members (excludes halogenated alkanes) is 29. The molecule has 0 aromatic rings. The van der Waals surface area contributed by atoms with E-state index in [0.29, 0.717) is 19.3 Å². The van der Waals surface area contributed by atoms with Gasteiger partial charge in [0.1, 0.15) is 13.2 Å². The summed E-state index contributed by atoms with van der Waals surface area (Å²) in [7, 11) is 0. The molecule has 370 valence electrons. The molecule has 0 aromatic heterocycles.